The van der Waals surface area contributed by atoms with Gasteiger partial charge in [-0.1, -0.05) is 36.4 Å². The van der Waals surface area contributed by atoms with Crippen molar-refractivity contribution in [3.63, 3.8) is 0 Å². The summed E-state index contributed by atoms with van der Waals surface area (Å²) in [6, 6.07) is 13.6. The number of nitrogens with zero attached hydrogens (tertiary/aromatic N) is 2. The van der Waals surface area contributed by atoms with E-state index < -0.39 is 5.72 Å². The van der Waals surface area contributed by atoms with E-state index in [4.69, 9.17) is 0 Å². The van der Waals surface area contributed by atoms with E-state index in [1.807, 2.05) is 68.1 Å². The molecule has 3 rings (SSSR count). The number of amides is 2. The molecule has 4 heteroatoms. The average Bonchev–Trinajstić information content (AvgIpc) is 2.45. The summed E-state index contributed by atoms with van der Waals surface area (Å²) >= 11 is 0. The maximum atomic E-state index is 13.1. The van der Waals surface area contributed by atoms with Gasteiger partial charge in [0.15, 0.2) is 0 Å². The van der Waals surface area contributed by atoms with Crippen LogP contribution in [0.5, 0.6) is 0 Å². The maximum Gasteiger partial charge on any atom is 0.327 e. The van der Waals surface area contributed by atoms with Gasteiger partial charge >= 0.3 is 6.03 Å². The molecule has 0 saturated carbocycles. The molecular formula is C19H24N2O2. The molecule has 1 N–H and O–H groups in total. The molecule has 4 nitrogen and oxygen atoms in total. The fourth-order valence-corrected chi connectivity index (χ4v) is 3.91. The van der Waals surface area contributed by atoms with Crippen molar-refractivity contribution in [2.45, 2.75) is 45.4 Å². The molecule has 2 aromatic carbocycles. The lowest BCUT2D eigenvalue weighted by Crippen LogP contribution is -2.68. The highest BCUT2D eigenvalue weighted by Gasteiger charge is 2.50. The van der Waals surface area contributed by atoms with Crippen molar-refractivity contribution in [3.8, 4) is 0 Å². The van der Waals surface area contributed by atoms with Gasteiger partial charge in [0.2, 0.25) is 0 Å². The van der Waals surface area contributed by atoms with Crippen molar-refractivity contribution in [1.82, 2.24) is 4.90 Å². The highest BCUT2D eigenvalue weighted by atomic mass is 16.3. The third-order valence-corrected chi connectivity index (χ3v) is 4.73. The minimum Gasteiger partial charge on any atom is -0.371 e. The Labute approximate surface area is 137 Å². The minimum absolute atomic E-state index is 0.148. The molecule has 1 heterocycles. The van der Waals surface area contributed by atoms with Gasteiger partial charge in [-0.2, -0.15) is 0 Å². The van der Waals surface area contributed by atoms with Crippen LogP contribution in [0.3, 0.4) is 0 Å². The molecule has 2 aromatic rings. The molecule has 0 aliphatic carbocycles. The van der Waals surface area contributed by atoms with Gasteiger partial charge in [0.25, 0.3) is 0 Å². The Kier molecular flexibility index (Phi) is 3.60. The van der Waals surface area contributed by atoms with Crippen LogP contribution in [0, 0.1) is 0 Å². The molecule has 1 fully saturated rings. The van der Waals surface area contributed by atoms with E-state index in [-0.39, 0.29) is 11.6 Å². The van der Waals surface area contributed by atoms with E-state index in [0.29, 0.717) is 13.0 Å². The number of carbonyl (C=O) groups excluding carboxylic acids is 1. The first kappa shape index (κ1) is 15.8. The van der Waals surface area contributed by atoms with Gasteiger partial charge in [0.05, 0.1) is 5.69 Å². The molecule has 1 atom stereocenters. The van der Waals surface area contributed by atoms with E-state index in [0.717, 1.165) is 16.5 Å². The second-order valence-electron chi connectivity index (χ2n) is 7.07. The van der Waals surface area contributed by atoms with Crippen LogP contribution in [0.15, 0.2) is 42.5 Å². The van der Waals surface area contributed by atoms with Crippen molar-refractivity contribution < 1.29 is 9.90 Å². The van der Waals surface area contributed by atoms with Crippen molar-refractivity contribution in [2.75, 3.05) is 11.4 Å². The van der Waals surface area contributed by atoms with Crippen LogP contribution in [-0.2, 0) is 0 Å². The Morgan fingerprint density at radius 1 is 1.09 bits per heavy atom. The predicted octanol–water partition coefficient (Wildman–Crippen LogP) is 3.98. The predicted molar refractivity (Wildman–Crippen MR) is 93.5 cm³/mol. The number of aliphatic hydroxyl groups is 1. The van der Waals surface area contributed by atoms with Gasteiger partial charge in [-0.05, 0) is 39.1 Å². The number of rotatable bonds is 2. The second kappa shape index (κ2) is 5.24. The summed E-state index contributed by atoms with van der Waals surface area (Å²) in [5.74, 6) is 0. The van der Waals surface area contributed by atoms with E-state index in [9.17, 15) is 9.90 Å². The summed E-state index contributed by atoms with van der Waals surface area (Å²) in [6.45, 7) is 8.32. The third-order valence-electron chi connectivity index (χ3n) is 4.73. The zero-order valence-corrected chi connectivity index (χ0v) is 14.2. The maximum absolute atomic E-state index is 13.1. The summed E-state index contributed by atoms with van der Waals surface area (Å²) < 4.78 is 0. The standard InChI is InChI=1S/C19H24N2O2/c1-5-20-17(22)21(19(4,23)13-18(20,2)3)16-12-8-10-14-9-6-7-11-15(14)16/h6-12,23H,5,13H2,1-4H3. The first-order chi connectivity index (χ1) is 10.8. The van der Waals surface area contributed by atoms with Crippen molar-refractivity contribution in [2.24, 2.45) is 0 Å². The van der Waals surface area contributed by atoms with Gasteiger partial charge < -0.3 is 10.0 Å². The van der Waals surface area contributed by atoms with Crippen LogP contribution in [0.2, 0.25) is 0 Å². The normalized spacial score (nSPS) is 24.3. The van der Waals surface area contributed by atoms with Crippen molar-refractivity contribution in [3.05, 3.63) is 42.5 Å². The lowest BCUT2D eigenvalue weighted by atomic mass is 9.87. The van der Waals surface area contributed by atoms with Crippen molar-refractivity contribution in [1.29, 1.82) is 0 Å². The molecular weight excluding hydrogens is 288 g/mol. The molecule has 1 aliphatic rings. The number of hydrogen-bond donors (Lipinski definition) is 1. The van der Waals surface area contributed by atoms with Crippen LogP contribution in [0.1, 0.15) is 34.1 Å². The van der Waals surface area contributed by atoms with Crippen LogP contribution in [-0.4, -0.2) is 33.8 Å². The molecule has 1 unspecified atom stereocenters. The Morgan fingerprint density at radius 3 is 2.43 bits per heavy atom. The third kappa shape index (κ3) is 2.47. The Hall–Kier alpha value is -2.07. The molecule has 23 heavy (non-hydrogen) atoms. The summed E-state index contributed by atoms with van der Waals surface area (Å²) in [4.78, 5) is 16.5. The molecule has 122 valence electrons. The van der Waals surface area contributed by atoms with E-state index in [1.54, 1.807) is 11.8 Å². The first-order valence-electron chi connectivity index (χ1n) is 8.10. The summed E-state index contributed by atoms with van der Waals surface area (Å²) in [5.41, 5.74) is -0.848. The van der Waals surface area contributed by atoms with Gasteiger partial charge in [0, 0.05) is 23.9 Å². The van der Waals surface area contributed by atoms with Crippen LogP contribution < -0.4 is 4.90 Å². The van der Waals surface area contributed by atoms with Crippen molar-refractivity contribution >= 4 is 22.5 Å². The lowest BCUT2D eigenvalue weighted by molar-refractivity contribution is -0.0237. The quantitative estimate of drug-likeness (QED) is 0.911. The topological polar surface area (TPSA) is 43.8 Å². The Balaban J connectivity index is 2.18. The average molecular weight is 312 g/mol. The Morgan fingerprint density at radius 2 is 1.74 bits per heavy atom. The fourth-order valence-electron chi connectivity index (χ4n) is 3.91. The van der Waals surface area contributed by atoms with Gasteiger partial charge in [-0.15, -0.1) is 0 Å². The molecule has 0 radical (unpaired) electrons. The van der Waals surface area contributed by atoms with E-state index in [2.05, 4.69) is 0 Å². The number of anilines is 1. The molecule has 1 aliphatic heterocycles. The largest absolute Gasteiger partial charge is 0.371 e. The second-order valence-corrected chi connectivity index (χ2v) is 7.07. The van der Waals surface area contributed by atoms with Gasteiger partial charge in [-0.3, -0.25) is 4.90 Å². The number of urea groups is 1. The van der Waals surface area contributed by atoms with Gasteiger partial charge in [-0.25, -0.2) is 4.79 Å². The molecule has 1 saturated heterocycles. The van der Waals surface area contributed by atoms with Crippen LogP contribution in [0.25, 0.3) is 10.8 Å². The number of hydrogen-bond acceptors (Lipinski definition) is 2. The molecule has 2 amide bonds. The van der Waals surface area contributed by atoms with E-state index >= 15 is 0 Å². The van der Waals surface area contributed by atoms with Crippen LogP contribution >= 0.6 is 0 Å². The monoisotopic (exact) mass is 312 g/mol. The smallest absolute Gasteiger partial charge is 0.327 e. The highest BCUT2D eigenvalue weighted by Crippen LogP contribution is 2.40. The SMILES string of the molecule is CCN1C(=O)N(c2cccc3ccccc23)C(C)(O)CC1(C)C. The van der Waals surface area contributed by atoms with Crippen LogP contribution in [0.4, 0.5) is 10.5 Å². The van der Waals surface area contributed by atoms with Gasteiger partial charge in [0.1, 0.15) is 5.72 Å². The number of fused-ring (bicyclic) bond motifs is 1. The molecule has 0 aromatic heterocycles. The fraction of sp³-hybridized carbons (Fsp3) is 0.421. The highest BCUT2D eigenvalue weighted by molar-refractivity contribution is 6.04. The zero-order chi connectivity index (χ0) is 16.8. The summed E-state index contributed by atoms with van der Waals surface area (Å²) in [5, 5.41) is 13.1. The van der Waals surface area contributed by atoms with E-state index in [1.165, 1.54) is 0 Å². The summed E-state index contributed by atoms with van der Waals surface area (Å²) in [6.07, 6.45) is 0.489. The Bertz CT molecular complexity index is 747. The first-order valence-corrected chi connectivity index (χ1v) is 8.10. The molecule has 0 bridgehead atoms. The lowest BCUT2D eigenvalue weighted by Gasteiger charge is -2.53. The zero-order valence-electron chi connectivity index (χ0n) is 14.2. The number of carbonyl (C=O) groups is 1. The summed E-state index contributed by atoms with van der Waals surface area (Å²) in [7, 11) is 0. The minimum atomic E-state index is -1.23. The number of benzene rings is 2. The molecule has 0 spiro atoms.